The maximum atomic E-state index is 12.5. The molecule has 0 radical (unpaired) electrons. The molecule has 146 valence electrons. The molecule has 1 aliphatic rings. The Labute approximate surface area is 163 Å². The van der Waals surface area contributed by atoms with Gasteiger partial charge in [-0.25, -0.2) is 9.69 Å². The molecular weight excluding hydrogens is 358 g/mol. The van der Waals surface area contributed by atoms with Gasteiger partial charge in [0, 0.05) is 6.54 Å². The number of hydrogen-bond acceptors (Lipinski definition) is 4. The van der Waals surface area contributed by atoms with Gasteiger partial charge in [-0.3, -0.25) is 19.3 Å². The van der Waals surface area contributed by atoms with E-state index in [2.05, 4.69) is 5.32 Å². The molecule has 0 saturated carbocycles. The van der Waals surface area contributed by atoms with Crippen LogP contribution in [0.4, 0.5) is 4.79 Å². The molecule has 28 heavy (non-hydrogen) atoms. The minimum atomic E-state index is -0.960. The molecule has 7 heteroatoms. The summed E-state index contributed by atoms with van der Waals surface area (Å²) in [6, 6.07) is 12.6. The van der Waals surface area contributed by atoms with Crippen LogP contribution < -0.4 is 5.32 Å². The molecule has 2 aromatic rings. The number of amides is 5. The molecule has 0 aliphatic carbocycles. The first kappa shape index (κ1) is 19.5. The SMILES string of the molecule is CC(C)CN1C(=O)C(=O)N(CC(=O)N[C@@H](C)c2cccc3ccccc23)C1=O. The summed E-state index contributed by atoms with van der Waals surface area (Å²) in [6.45, 7) is 5.18. The molecule has 1 aliphatic heterocycles. The summed E-state index contributed by atoms with van der Waals surface area (Å²) in [5.41, 5.74) is 0.933. The maximum absolute atomic E-state index is 12.5. The summed E-state index contributed by atoms with van der Waals surface area (Å²) < 4.78 is 0. The van der Waals surface area contributed by atoms with Gasteiger partial charge in [0.05, 0.1) is 6.04 Å². The van der Waals surface area contributed by atoms with E-state index in [0.717, 1.165) is 21.2 Å². The van der Waals surface area contributed by atoms with Gasteiger partial charge in [-0.2, -0.15) is 0 Å². The van der Waals surface area contributed by atoms with Crippen LogP contribution in [-0.4, -0.2) is 46.6 Å². The van der Waals surface area contributed by atoms with Gasteiger partial charge in [-0.1, -0.05) is 56.3 Å². The highest BCUT2D eigenvalue weighted by Crippen LogP contribution is 2.24. The van der Waals surface area contributed by atoms with E-state index in [0.29, 0.717) is 4.90 Å². The molecule has 1 saturated heterocycles. The van der Waals surface area contributed by atoms with Crippen LogP contribution in [0.2, 0.25) is 0 Å². The van der Waals surface area contributed by atoms with E-state index in [1.165, 1.54) is 0 Å². The van der Waals surface area contributed by atoms with Gasteiger partial charge in [0.2, 0.25) is 5.91 Å². The van der Waals surface area contributed by atoms with Gasteiger partial charge in [0.15, 0.2) is 0 Å². The van der Waals surface area contributed by atoms with Crippen molar-refractivity contribution in [1.29, 1.82) is 0 Å². The van der Waals surface area contributed by atoms with Gasteiger partial charge in [0.25, 0.3) is 0 Å². The standard InChI is InChI=1S/C21H23N3O4/c1-13(2)11-23-19(26)20(27)24(21(23)28)12-18(25)22-14(3)16-10-6-8-15-7-4-5-9-17(15)16/h4-10,13-14H,11-12H2,1-3H3,(H,22,25)/t14-/m0/s1. The quantitative estimate of drug-likeness (QED) is 0.615. The first-order valence-electron chi connectivity index (χ1n) is 9.24. The Morgan fingerprint density at radius 1 is 0.929 bits per heavy atom. The Bertz CT molecular complexity index is 948. The average Bonchev–Trinajstić information content (AvgIpc) is 2.85. The number of benzene rings is 2. The smallest absolute Gasteiger partial charge is 0.334 e. The van der Waals surface area contributed by atoms with Crippen LogP contribution in [0.15, 0.2) is 42.5 Å². The van der Waals surface area contributed by atoms with Crippen LogP contribution in [0.1, 0.15) is 32.4 Å². The molecule has 2 aromatic carbocycles. The average molecular weight is 381 g/mol. The fourth-order valence-electron chi connectivity index (χ4n) is 3.35. The molecule has 7 nitrogen and oxygen atoms in total. The third kappa shape index (κ3) is 3.74. The zero-order chi connectivity index (χ0) is 20.4. The second kappa shape index (κ2) is 7.80. The van der Waals surface area contributed by atoms with Crippen molar-refractivity contribution in [2.45, 2.75) is 26.8 Å². The lowest BCUT2D eigenvalue weighted by Gasteiger charge is -2.19. The predicted octanol–water partition coefficient (Wildman–Crippen LogP) is 2.46. The van der Waals surface area contributed by atoms with E-state index >= 15 is 0 Å². The lowest BCUT2D eigenvalue weighted by molar-refractivity contribution is -0.144. The van der Waals surface area contributed by atoms with Crippen molar-refractivity contribution >= 4 is 34.5 Å². The van der Waals surface area contributed by atoms with Crippen molar-refractivity contribution in [3.8, 4) is 0 Å². The summed E-state index contributed by atoms with van der Waals surface area (Å²) in [4.78, 5) is 50.5. The van der Waals surface area contributed by atoms with Crippen LogP contribution in [0, 0.1) is 5.92 Å². The van der Waals surface area contributed by atoms with Crippen molar-refractivity contribution < 1.29 is 19.2 Å². The van der Waals surface area contributed by atoms with Crippen LogP contribution in [0.3, 0.4) is 0 Å². The number of imide groups is 2. The lowest BCUT2D eigenvalue weighted by Crippen LogP contribution is -2.42. The predicted molar refractivity (Wildman–Crippen MR) is 104 cm³/mol. The van der Waals surface area contributed by atoms with E-state index in [4.69, 9.17) is 0 Å². The Balaban J connectivity index is 1.71. The van der Waals surface area contributed by atoms with Gasteiger partial charge in [0.1, 0.15) is 6.54 Å². The zero-order valence-electron chi connectivity index (χ0n) is 16.1. The maximum Gasteiger partial charge on any atom is 0.334 e. The fourth-order valence-corrected chi connectivity index (χ4v) is 3.35. The number of nitrogens with zero attached hydrogens (tertiary/aromatic N) is 2. The molecule has 0 bridgehead atoms. The van der Waals surface area contributed by atoms with Gasteiger partial charge >= 0.3 is 17.8 Å². The Kier molecular flexibility index (Phi) is 5.44. The van der Waals surface area contributed by atoms with Crippen molar-refractivity contribution in [1.82, 2.24) is 15.1 Å². The molecule has 0 spiro atoms. The van der Waals surface area contributed by atoms with Gasteiger partial charge in [-0.15, -0.1) is 0 Å². The van der Waals surface area contributed by atoms with Crippen LogP contribution in [0.5, 0.6) is 0 Å². The van der Waals surface area contributed by atoms with Crippen molar-refractivity contribution in [2.75, 3.05) is 13.1 Å². The molecule has 3 rings (SSSR count). The number of nitrogens with one attached hydrogen (secondary N) is 1. The Morgan fingerprint density at radius 2 is 1.57 bits per heavy atom. The number of hydrogen-bond donors (Lipinski definition) is 1. The second-order valence-electron chi connectivity index (χ2n) is 7.34. The van der Waals surface area contributed by atoms with Crippen molar-refractivity contribution in [3.05, 3.63) is 48.0 Å². The van der Waals surface area contributed by atoms with E-state index in [9.17, 15) is 19.2 Å². The van der Waals surface area contributed by atoms with E-state index < -0.39 is 30.3 Å². The molecule has 1 atom stereocenters. The van der Waals surface area contributed by atoms with Gasteiger partial charge in [-0.05, 0) is 29.2 Å². The Morgan fingerprint density at radius 3 is 2.29 bits per heavy atom. The number of fused-ring (bicyclic) bond motifs is 1. The van der Waals surface area contributed by atoms with Crippen molar-refractivity contribution in [2.24, 2.45) is 5.92 Å². The fraction of sp³-hybridized carbons (Fsp3) is 0.333. The molecule has 1 N–H and O–H groups in total. The van der Waals surface area contributed by atoms with E-state index in [1.807, 2.05) is 63.2 Å². The second-order valence-corrected chi connectivity index (χ2v) is 7.34. The summed E-state index contributed by atoms with van der Waals surface area (Å²) in [5.74, 6) is -2.31. The molecule has 1 heterocycles. The minimum absolute atomic E-state index is 0.0286. The topological polar surface area (TPSA) is 86.8 Å². The monoisotopic (exact) mass is 381 g/mol. The van der Waals surface area contributed by atoms with E-state index in [-0.39, 0.29) is 18.5 Å². The number of carbonyl (C=O) groups excluding carboxylic acids is 4. The third-order valence-electron chi connectivity index (χ3n) is 4.65. The minimum Gasteiger partial charge on any atom is -0.348 e. The van der Waals surface area contributed by atoms with E-state index in [1.54, 1.807) is 0 Å². The summed E-state index contributed by atoms with van der Waals surface area (Å²) in [7, 11) is 0. The highest BCUT2D eigenvalue weighted by Gasteiger charge is 2.45. The number of urea groups is 1. The number of rotatable bonds is 6. The molecule has 1 fully saturated rings. The summed E-state index contributed by atoms with van der Waals surface area (Å²) >= 11 is 0. The molecule has 5 amide bonds. The first-order chi connectivity index (χ1) is 13.3. The molecule has 0 unspecified atom stereocenters. The number of carbonyl (C=O) groups is 4. The molecular formula is C21H23N3O4. The highest BCUT2D eigenvalue weighted by atomic mass is 16.2. The summed E-state index contributed by atoms with van der Waals surface area (Å²) in [6.07, 6.45) is 0. The van der Waals surface area contributed by atoms with Crippen LogP contribution in [0.25, 0.3) is 10.8 Å². The Hall–Kier alpha value is -3.22. The first-order valence-corrected chi connectivity index (χ1v) is 9.24. The van der Waals surface area contributed by atoms with Gasteiger partial charge < -0.3 is 5.32 Å². The molecule has 0 aromatic heterocycles. The summed E-state index contributed by atoms with van der Waals surface area (Å²) in [5, 5.41) is 4.89. The normalized spacial score (nSPS) is 15.6. The largest absolute Gasteiger partial charge is 0.348 e. The highest BCUT2D eigenvalue weighted by molar-refractivity contribution is 6.45. The lowest BCUT2D eigenvalue weighted by atomic mass is 10.00. The van der Waals surface area contributed by atoms with Crippen LogP contribution in [-0.2, 0) is 14.4 Å². The van der Waals surface area contributed by atoms with Crippen LogP contribution >= 0.6 is 0 Å². The third-order valence-corrected chi connectivity index (χ3v) is 4.65. The zero-order valence-corrected chi connectivity index (χ0v) is 16.1. The van der Waals surface area contributed by atoms with Crippen molar-refractivity contribution in [3.63, 3.8) is 0 Å².